The smallest absolute Gasteiger partial charge is 0.337 e. The van der Waals surface area contributed by atoms with Crippen molar-refractivity contribution in [3.63, 3.8) is 0 Å². The summed E-state index contributed by atoms with van der Waals surface area (Å²) in [6, 6.07) is 10.2. The second-order valence-corrected chi connectivity index (χ2v) is 5.11. The molecule has 0 saturated carbocycles. The highest BCUT2D eigenvalue weighted by Gasteiger charge is 2.13. The van der Waals surface area contributed by atoms with Gasteiger partial charge >= 0.3 is 5.97 Å². The van der Waals surface area contributed by atoms with Crippen molar-refractivity contribution in [3.05, 3.63) is 64.4 Å². The zero-order chi connectivity index (χ0) is 16.1. The maximum Gasteiger partial charge on any atom is 0.337 e. The van der Waals surface area contributed by atoms with Crippen LogP contribution in [0.2, 0.25) is 5.02 Å². The van der Waals surface area contributed by atoms with Gasteiger partial charge in [0, 0.05) is 11.4 Å². The minimum atomic E-state index is -1.18. The molecule has 22 heavy (non-hydrogen) atoms. The summed E-state index contributed by atoms with van der Waals surface area (Å²) >= 11 is 5.74. The summed E-state index contributed by atoms with van der Waals surface area (Å²) in [5.41, 5.74) is 0.803. The first-order chi connectivity index (χ1) is 10.5. The number of aryl methyl sites for hydroxylation is 1. The second kappa shape index (κ2) is 7.04. The van der Waals surface area contributed by atoms with Crippen molar-refractivity contribution in [2.24, 2.45) is 0 Å². The van der Waals surface area contributed by atoms with Crippen molar-refractivity contribution in [1.82, 2.24) is 0 Å². The number of hydrogen-bond acceptors (Lipinski definition) is 2. The van der Waals surface area contributed by atoms with Gasteiger partial charge in [0.05, 0.1) is 11.3 Å². The van der Waals surface area contributed by atoms with Gasteiger partial charge < -0.3 is 10.4 Å². The Hall–Kier alpha value is -2.40. The Morgan fingerprint density at radius 3 is 2.64 bits per heavy atom. The number of carboxylic acid groups (broad SMARTS) is 1. The molecule has 0 atom stereocenters. The molecule has 2 aromatic rings. The third-order valence-electron chi connectivity index (χ3n) is 3.02. The van der Waals surface area contributed by atoms with Crippen LogP contribution in [0.1, 0.15) is 22.3 Å². The average molecular weight is 322 g/mol. The van der Waals surface area contributed by atoms with E-state index in [1.54, 1.807) is 12.1 Å². The fraction of sp³-hybridized carbons (Fsp3) is 0.125. The number of amides is 1. The van der Waals surface area contributed by atoms with Gasteiger partial charge in [-0.15, -0.1) is 0 Å². The van der Waals surface area contributed by atoms with Crippen LogP contribution in [0.5, 0.6) is 0 Å². The summed E-state index contributed by atoms with van der Waals surface area (Å²) in [4.78, 5) is 23.0. The number of rotatable bonds is 5. The van der Waals surface area contributed by atoms with Crippen LogP contribution < -0.4 is 5.32 Å². The van der Waals surface area contributed by atoms with Crippen molar-refractivity contribution in [2.45, 2.75) is 12.8 Å². The lowest BCUT2D eigenvalue weighted by Gasteiger charge is -2.09. The molecule has 0 spiro atoms. The maximum atomic E-state index is 13.0. The number of nitrogens with one attached hydrogen (secondary N) is 1. The molecular formula is C16H13ClFNO3. The topological polar surface area (TPSA) is 66.4 Å². The minimum absolute atomic E-state index is 0.0772. The Kier molecular flexibility index (Phi) is 5.12. The van der Waals surface area contributed by atoms with Crippen LogP contribution in [-0.2, 0) is 11.2 Å². The molecular weight excluding hydrogens is 309 g/mol. The van der Waals surface area contributed by atoms with E-state index >= 15 is 0 Å². The van der Waals surface area contributed by atoms with E-state index in [2.05, 4.69) is 5.32 Å². The molecule has 0 saturated heterocycles. The number of hydrogen-bond donors (Lipinski definition) is 2. The van der Waals surface area contributed by atoms with Crippen LogP contribution in [0.25, 0.3) is 0 Å². The highest BCUT2D eigenvalue weighted by atomic mass is 35.5. The Morgan fingerprint density at radius 1 is 1.18 bits per heavy atom. The fourth-order valence-corrected chi connectivity index (χ4v) is 2.14. The van der Waals surface area contributed by atoms with E-state index in [4.69, 9.17) is 16.7 Å². The molecule has 0 aliphatic rings. The van der Waals surface area contributed by atoms with Crippen molar-refractivity contribution in [2.75, 3.05) is 5.32 Å². The monoisotopic (exact) mass is 321 g/mol. The Morgan fingerprint density at radius 2 is 1.95 bits per heavy atom. The lowest BCUT2D eigenvalue weighted by Crippen LogP contribution is -2.15. The summed E-state index contributed by atoms with van der Waals surface area (Å²) in [6.45, 7) is 0. The first-order valence-electron chi connectivity index (χ1n) is 6.53. The standard InChI is InChI=1S/C16H13ClFNO3/c17-11-5-6-14(13(9-11)16(21)22)19-15(20)7-4-10-2-1-3-12(18)8-10/h1-3,5-6,8-9H,4,7H2,(H,19,20)(H,21,22). The first kappa shape index (κ1) is 16.0. The van der Waals surface area contributed by atoms with E-state index in [1.165, 1.54) is 30.3 Å². The summed E-state index contributed by atoms with van der Waals surface area (Å²) in [7, 11) is 0. The molecule has 6 heteroatoms. The van der Waals surface area contributed by atoms with Gasteiger partial charge in [-0.25, -0.2) is 9.18 Å². The van der Waals surface area contributed by atoms with Gasteiger partial charge in [-0.3, -0.25) is 4.79 Å². The van der Waals surface area contributed by atoms with E-state index < -0.39 is 5.97 Å². The number of halogens is 2. The SMILES string of the molecule is O=C(CCc1cccc(F)c1)Nc1ccc(Cl)cc1C(=O)O. The van der Waals surface area contributed by atoms with Crippen molar-refractivity contribution in [3.8, 4) is 0 Å². The molecule has 1 amide bonds. The van der Waals surface area contributed by atoms with Gasteiger partial charge in [-0.05, 0) is 42.3 Å². The molecule has 0 radical (unpaired) electrons. The van der Waals surface area contributed by atoms with Gasteiger partial charge in [0.25, 0.3) is 0 Å². The number of carbonyl (C=O) groups is 2. The molecule has 114 valence electrons. The van der Waals surface area contributed by atoms with Crippen LogP contribution >= 0.6 is 11.6 Å². The number of benzene rings is 2. The number of anilines is 1. The first-order valence-corrected chi connectivity index (χ1v) is 6.90. The zero-order valence-electron chi connectivity index (χ0n) is 11.5. The molecule has 2 rings (SSSR count). The largest absolute Gasteiger partial charge is 0.478 e. The maximum absolute atomic E-state index is 13.0. The van der Waals surface area contributed by atoms with Crippen molar-refractivity contribution in [1.29, 1.82) is 0 Å². The van der Waals surface area contributed by atoms with Crippen LogP contribution in [0.3, 0.4) is 0 Å². The van der Waals surface area contributed by atoms with E-state index in [0.717, 1.165) is 0 Å². The van der Waals surface area contributed by atoms with Gasteiger partial charge in [-0.1, -0.05) is 23.7 Å². The van der Waals surface area contributed by atoms with Gasteiger partial charge in [0.2, 0.25) is 5.91 Å². The predicted molar refractivity (Wildman–Crippen MR) is 81.8 cm³/mol. The number of carbonyl (C=O) groups excluding carboxylic acids is 1. The second-order valence-electron chi connectivity index (χ2n) is 4.67. The highest BCUT2D eigenvalue weighted by molar-refractivity contribution is 6.31. The third kappa shape index (κ3) is 4.30. The van der Waals surface area contributed by atoms with Crippen molar-refractivity contribution < 1.29 is 19.1 Å². The molecule has 0 aromatic heterocycles. The van der Waals surface area contributed by atoms with Crippen LogP contribution in [0.4, 0.5) is 10.1 Å². The zero-order valence-corrected chi connectivity index (χ0v) is 12.2. The van der Waals surface area contributed by atoms with Crippen LogP contribution in [0.15, 0.2) is 42.5 Å². The minimum Gasteiger partial charge on any atom is -0.478 e. The number of aromatic carboxylic acids is 1. The molecule has 4 nitrogen and oxygen atoms in total. The van der Waals surface area contributed by atoms with Crippen LogP contribution in [0, 0.1) is 5.82 Å². The van der Waals surface area contributed by atoms with Gasteiger partial charge in [0.1, 0.15) is 5.82 Å². The normalized spacial score (nSPS) is 10.3. The molecule has 2 N–H and O–H groups in total. The molecule has 0 aliphatic heterocycles. The highest BCUT2D eigenvalue weighted by Crippen LogP contribution is 2.21. The van der Waals surface area contributed by atoms with Crippen LogP contribution in [-0.4, -0.2) is 17.0 Å². The lowest BCUT2D eigenvalue weighted by atomic mass is 10.1. The van der Waals surface area contributed by atoms with E-state index in [-0.39, 0.29) is 34.4 Å². The molecule has 0 aliphatic carbocycles. The molecule has 0 heterocycles. The summed E-state index contributed by atoms with van der Waals surface area (Å²) in [5, 5.41) is 11.9. The van der Waals surface area contributed by atoms with E-state index in [1.807, 2.05) is 0 Å². The molecule has 0 unspecified atom stereocenters. The average Bonchev–Trinajstić information content (AvgIpc) is 2.47. The van der Waals surface area contributed by atoms with Gasteiger partial charge in [0.15, 0.2) is 0 Å². The van der Waals surface area contributed by atoms with E-state index in [0.29, 0.717) is 12.0 Å². The summed E-state index contributed by atoms with van der Waals surface area (Å²) < 4.78 is 13.0. The third-order valence-corrected chi connectivity index (χ3v) is 3.25. The Balaban J connectivity index is 2.02. The van der Waals surface area contributed by atoms with Crippen molar-refractivity contribution >= 4 is 29.2 Å². The fourth-order valence-electron chi connectivity index (χ4n) is 1.97. The molecule has 0 bridgehead atoms. The Labute approximate surface area is 131 Å². The summed E-state index contributed by atoms with van der Waals surface area (Å²) in [6.07, 6.45) is 0.477. The lowest BCUT2D eigenvalue weighted by molar-refractivity contribution is -0.116. The number of carboxylic acids is 1. The molecule has 0 fully saturated rings. The summed E-state index contributed by atoms with van der Waals surface area (Å²) in [5.74, 6) is -1.89. The quantitative estimate of drug-likeness (QED) is 0.881. The van der Waals surface area contributed by atoms with Gasteiger partial charge in [-0.2, -0.15) is 0 Å². The predicted octanol–water partition coefficient (Wildman–Crippen LogP) is 3.75. The molecule has 2 aromatic carbocycles. The van der Waals surface area contributed by atoms with E-state index in [9.17, 15) is 14.0 Å². The Bertz CT molecular complexity index is 718.